The predicted octanol–water partition coefficient (Wildman–Crippen LogP) is -0.115. The molecule has 1 rings (SSSR count). The molecule has 1 amide bonds. The van der Waals surface area contributed by atoms with Crippen LogP contribution in [0.15, 0.2) is 0 Å². The van der Waals surface area contributed by atoms with Crippen molar-refractivity contribution < 1.29 is 14.3 Å². The first-order chi connectivity index (χ1) is 5.34. The molecule has 1 aliphatic rings. The Morgan fingerprint density at radius 2 is 2.64 bits per heavy atom. The predicted molar refractivity (Wildman–Crippen MR) is 39.0 cm³/mol. The lowest BCUT2D eigenvalue weighted by Crippen LogP contribution is -2.35. The third-order valence-corrected chi connectivity index (χ3v) is 1.61. The van der Waals surface area contributed by atoms with Gasteiger partial charge in [0.2, 0.25) is 0 Å². The number of nitrogens with one attached hydrogen (secondary N) is 1. The monoisotopic (exact) mass is 159 g/mol. The zero-order chi connectivity index (χ0) is 8.10. The number of carbonyl (C=O) groups is 1. The van der Waals surface area contributed by atoms with Crippen LogP contribution in [0.4, 0.5) is 0 Å². The van der Waals surface area contributed by atoms with E-state index in [1.807, 2.05) is 0 Å². The van der Waals surface area contributed by atoms with Crippen molar-refractivity contribution in [2.24, 2.45) is 0 Å². The lowest BCUT2D eigenvalue weighted by atomic mass is 10.2. The van der Waals surface area contributed by atoms with Gasteiger partial charge in [0.25, 0.3) is 5.91 Å². The molecule has 4 heteroatoms. The van der Waals surface area contributed by atoms with Gasteiger partial charge in [0.15, 0.2) is 0 Å². The van der Waals surface area contributed by atoms with Crippen LogP contribution < -0.4 is 5.32 Å². The van der Waals surface area contributed by atoms with Crippen molar-refractivity contribution in [3.63, 3.8) is 0 Å². The van der Waals surface area contributed by atoms with Gasteiger partial charge in [0.1, 0.15) is 12.8 Å². The first-order valence-electron chi connectivity index (χ1n) is 3.73. The summed E-state index contributed by atoms with van der Waals surface area (Å²) < 4.78 is 9.83. The Labute approximate surface area is 65.9 Å². The highest BCUT2D eigenvalue weighted by Gasteiger charge is 2.22. The number of hydrogen-bond acceptors (Lipinski definition) is 3. The van der Waals surface area contributed by atoms with Gasteiger partial charge in [-0.15, -0.1) is 0 Å². The van der Waals surface area contributed by atoms with Gasteiger partial charge >= 0.3 is 0 Å². The minimum absolute atomic E-state index is 0.0654. The van der Waals surface area contributed by atoms with Crippen molar-refractivity contribution in [3.05, 3.63) is 0 Å². The normalized spacial score (nSPS) is 23.5. The second kappa shape index (κ2) is 4.31. The number of carbonyl (C=O) groups excluding carboxylic acids is 1. The molecule has 0 aromatic heterocycles. The summed E-state index contributed by atoms with van der Waals surface area (Å²) in [6.07, 6.45) is 1.56. The summed E-state index contributed by atoms with van der Waals surface area (Å²) in [6, 6.07) is 0. The summed E-state index contributed by atoms with van der Waals surface area (Å²) in [6.45, 7) is 0.962. The van der Waals surface area contributed by atoms with E-state index in [2.05, 4.69) is 10.1 Å². The second-order valence-corrected chi connectivity index (χ2v) is 2.48. The van der Waals surface area contributed by atoms with E-state index in [-0.39, 0.29) is 18.7 Å². The zero-order valence-electron chi connectivity index (χ0n) is 6.63. The minimum atomic E-state index is -0.245. The lowest BCUT2D eigenvalue weighted by molar-refractivity contribution is -0.131. The van der Waals surface area contributed by atoms with Crippen LogP contribution in [-0.4, -0.2) is 32.5 Å². The first kappa shape index (κ1) is 8.49. The van der Waals surface area contributed by atoms with E-state index in [4.69, 9.17) is 4.74 Å². The van der Waals surface area contributed by atoms with E-state index in [1.54, 1.807) is 0 Å². The molecule has 1 heterocycles. The number of amides is 1. The summed E-state index contributed by atoms with van der Waals surface area (Å²) in [5.74, 6) is -0.0654. The van der Waals surface area contributed by atoms with Gasteiger partial charge in [0.05, 0.1) is 0 Å². The third-order valence-electron chi connectivity index (χ3n) is 1.61. The van der Waals surface area contributed by atoms with Crippen LogP contribution in [0.5, 0.6) is 0 Å². The number of hydrogen-bond donors (Lipinski definition) is 1. The molecule has 0 aliphatic carbocycles. The molecule has 0 radical (unpaired) electrons. The number of methoxy groups -OCH3 is 1. The maximum absolute atomic E-state index is 11.1. The number of rotatable bonds is 3. The SMILES string of the molecule is COCNC(=O)[C@H]1CCCO1. The van der Waals surface area contributed by atoms with E-state index < -0.39 is 0 Å². The average molecular weight is 159 g/mol. The van der Waals surface area contributed by atoms with Crippen molar-refractivity contribution in [1.82, 2.24) is 5.32 Å². The van der Waals surface area contributed by atoms with Crippen molar-refractivity contribution >= 4 is 5.91 Å². The van der Waals surface area contributed by atoms with Gasteiger partial charge < -0.3 is 14.8 Å². The molecule has 0 unspecified atom stereocenters. The standard InChI is InChI=1S/C7H13NO3/c1-10-5-8-7(9)6-3-2-4-11-6/h6H,2-5H2,1H3,(H,8,9)/t6-/m1/s1. The van der Waals surface area contributed by atoms with E-state index in [0.29, 0.717) is 6.61 Å². The average Bonchev–Trinajstić information content (AvgIpc) is 2.52. The molecule has 0 spiro atoms. The van der Waals surface area contributed by atoms with Crippen molar-refractivity contribution in [2.45, 2.75) is 18.9 Å². The molecule has 4 nitrogen and oxygen atoms in total. The van der Waals surface area contributed by atoms with Crippen molar-refractivity contribution in [2.75, 3.05) is 20.4 Å². The van der Waals surface area contributed by atoms with E-state index in [1.165, 1.54) is 7.11 Å². The van der Waals surface area contributed by atoms with Crippen molar-refractivity contribution in [3.8, 4) is 0 Å². The smallest absolute Gasteiger partial charge is 0.250 e. The van der Waals surface area contributed by atoms with Crippen LogP contribution in [0.1, 0.15) is 12.8 Å². The fourth-order valence-electron chi connectivity index (χ4n) is 1.04. The minimum Gasteiger partial charge on any atom is -0.368 e. The van der Waals surface area contributed by atoms with Gasteiger partial charge in [0, 0.05) is 13.7 Å². The molecular formula is C7H13NO3. The van der Waals surface area contributed by atoms with Crippen LogP contribution in [-0.2, 0) is 14.3 Å². The molecule has 1 fully saturated rings. The number of ether oxygens (including phenoxy) is 2. The van der Waals surface area contributed by atoms with Crippen molar-refractivity contribution in [1.29, 1.82) is 0 Å². The largest absolute Gasteiger partial charge is 0.368 e. The van der Waals surface area contributed by atoms with Gasteiger partial charge in [-0.2, -0.15) is 0 Å². The summed E-state index contributed by atoms with van der Waals surface area (Å²) in [4.78, 5) is 11.1. The Morgan fingerprint density at radius 1 is 1.82 bits per heavy atom. The van der Waals surface area contributed by atoms with Crippen LogP contribution in [0.3, 0.4) is 0 Å². The summed E-state index contributed by atoms with van der Waals surface area (Å²) in [5.41, 5.74) is 0. The quantitative estimate of drug-likeness (QED) is 0.584. The summed E-state index contributed by atoms with van der Waals surface area (Å²) in [5, 5.41) is 2.59. The summed E-state index contributed by atoms with van der Waals surface area (Å²) in [7, 11) is 1.54. The Balaban J connectivity index is 2.17. The fraction of sp³-hybridized carbons (Fsp3) is 0.857. The molecule has 0 aromatic carbocycles. The van der Waals surface area contributed by atoms with Crippen LogP contribution >= 0.6 is 0 Å². The highest BCUT2D eigenvalue weighted by Crippen LogP contribution is 2.11. The van der Waals surface area contributed by atoms with Gasteiger partial charge in [-0.1, -0.05) is 0 Å². The molecule has 64 valence electrons. The molecule has 0 bridgehead atoms. The fourth-order valence-corrected chi connectivity index (χ4v) is 1.04. The Hall–Kier alpha value is -0.610. The lowest BCUT2D eigenvalue weighted by Gasteiger charge is -2.08. The molecule has 0 saturated carbocycles. The maximum atomic E-state index is 11.1. The second-order valence-electron chi connectivity index (χ2n) is 2.48. The molecule has 1 saturated heterocycles. The third kappa shape index (κ3) is 2.48. The molecule has 1 N–H and O–H groups in total. The van der Waals surface area contributed by atoms with E-state index >= 15 is 0 Å². The Kier molecular flexibility index (Phi) is 3.32. The first-order valence-corrected chi connectivity index (χ1v) is 3.73. The molecule has 1 atom stereocenters. The van der Waals surface area contributed by atoms with E-state index in [9.17, 15) is 4.79 Å². The molecular weight excluding hydrogens is 146 g/mol. The van der Waals surface area contributed by atoms with Gasteiger partial charge in [-0.3, -0.25) is 4.79 Å². The Bertz CT molecular complexity index is 132. The zero-order valence-corrected chi connectivity index (χ0v) is 6.63. The topological polar surface area (TPSA) is 47.6 Å². The molecule has 0 aromatic rings. The Morgan fingerprint density at radius 3 is 3.18 bits per heavy atom. The highest BCUT2D eigenvalue weighted by atomic mass is 16.5. The molecule has 1 aliphatic heterocycles. The van der Waals surface area contributed by atoms with Crippen LogP contribution in [0.2, 0.25) is 0 Å². The maximum Gasteiger partial charge on any atom is 0.250 e. The summed E-state index contributed by atoms with van der Waals surface area (Å²) >= 11 is 0. The van der Waals surface area contributed by atoms with Crippen LogP contribution in [0, 0.1) is 0 Å². The van der Waals surface area contributed by atoms with Gasteiger partial charge in [-0.05, 0) is 12.8 Å². The van der Waals surface area contributed by atoms with Crippen LogP contribution in [0.25, 0.3) is 0 Å². The molecule has 11 heavy (non-hydrogen) atoms. The van der Waals surface area contributed by atoms with E-state index in [0.717, 1.165) is 12.8 Å². The highest BCUT2D eigenvalue weighted by molar-refractivity contribution is 5.80. The van der Waals surface area contributed by atoms with Gasteiger partial charge in [-0.25, -0.2) is 0 Å².